The number of hydrogen-bond donors (Lipinski definition) is 1. The third kappa shape index (κ3) is 4.08. The van der Waals surface area contributed by atoms with E-state index in [9.17, 15) is 19.1 Å². The Morgan fingerprint density at radius 3 is 2.43 bits per heavy atom. The van der Waals surface area contributed by atoms with E-state index in [-0.39, 0.29) is 35.4 Å². The molecule has 0 radical (unpaired) electrons. The summed E-state index contributed by atoms with van der Waals surface area (Å²) in [4.78, 5) is 28.2. The lowest BCUT2D eigenvalue weighted by Gasteiger charge is -2.33. The molecule has 10 heteroatoms. The van der Waals surface area contributed by atoms with Gasteiger partial charge >= 0.3 is 0 Å². The van der Waals surface area contributed by atoms with Gasteiger partial charge in [-0.15, -0.1) is 5.10 Å². The quantitative estimate of drug-likeness (QED) is 0.677. The van der Waals surface area contributed by atoms with E-state index in [1.807, 2.05) is 0 Å². The average molecular weight is 413 g/mol. The molecule has 0 saturated carbocycles. The Labute approximate surface area is 171 Å². The van der Waals surface area contributed by atoms with Crippen LogP contribution in [0.2, 0.25) is 0 Å². The van der Waals surface area contributed by atoms with Gasteiger partial charge in [-0.2, -0.15) is 0 Å². The van der Waals surface area contributed by atoms with Crippen LogP contribution >= 0.6 is 0 Å². The van der Waals surface area contributed by atoms with Crippen LogP contribution in [0.3, 0.4) is 0 Å². The van der Waals surface area contributed by atoms with Crippen molar-refractivity contribution < 1.29 is 23.5 Å². The van der Waals surface area contributed by atoms with Gasteiger partial charge in [-0.05, 0) is 18.2 Å². The number of carbonyl (C=O) groups is 2. The van der Waals surface area contributed by atoms with Crippen molar-refractivity contribution in [3.63, 3.8) is 0 Å². The van der Waals surface area contributed by atoms with Gasteiger partial charge in [0.25, 0.3) is 11.8 Å². The van der Waals surface area contributed by atoms with Crippen molar-refractivity contribution in [2.45, 2.75) is 12.6 Å². The van der Waals surface area contributed by atoms with E-state index in [1.54, 1.807) is 34.1 Å². The summed E-state index contributed by atoms with van der Waals surface area (Å²) in [5.41, 5.74) is 0.278. The van der Waals surface area contributed by atoms with Crippen LogP contribution in [0.5, 0.6) is 0 Å². The first-order chi connectivity index (χ1) is 14.5. The molecule has 4 rings (SSSR count). The minimum Gasteiger partial charge on any atom is -0.459 e. The van der Waals surface area contributed by atoms with E-state index in [4.69, 9.17) is 4.42 Å². The summed E-state index contributed by atoms with van der Waals surface area (Å²) in [7, 11) is 0. The summed E-state index contributed by atoms with van der Waals surface area (Å²) >= 11 is 0. The van der Waals surface area contributed by atoms with E-state index in [1.165, 1.54) is 29.3 Å². The number of hydrogen-bond acceptors (Lipinski definition) is 6. The first-order valence-corrected chi connectivity index (χ1v) is 9.47. The lowest BCUT2D eigenvalue weighted by Crippen LogP contribution is -2.50. The summed E-state index contributed by atoms with van der Waals surface area (Å²) < 4.78 is 20.2. The van der Waals surface area contributed by atoms with Crippen molar-refractivity contribution >= 4 is 11.8 Å². The molecule has 2 amide bonds. The molecule has 1 aliphatic rings. The summed E-state index contributed by atoms with van der Waals surface area (Å²) in [6.45, 7) is 1.44. The maximum Gasteiger partial charge on any atom is 0.289 e. The normalized spacial score (nSPS) is 15.3. The highest BCUT2D eigenvalue weighted by atomic mass is 19.1. The Morgan fingerprint density at radius 2 is 1.77 bits per heavy atom. The van der Waals surface area contributed by atoms with Crippen LogP contribution in [-0.4, -0.2) is 67.9 Å². The lowest BCUT2D eigenvalue weighted by molar-refractivity contribution is 0.0515. The van der Waals surface area contributed by atoms with Crippen molar-refractivity contribution in [1.82, 2.24) is 24.8 Å². The number of aliphatic hydroxyl groups excluding tert-OH is 1. The minimum atomic E-state index is -1.12. The molecule has 3 heterocycles. The third-order valence-corrected chi connectivity index (χ3v) is 4.97. The number of aliphatic hydroxyl groups is 1. The zero-order valence-electron chi connectivity index (χ0n) is 16.0. The molecule has 1 atom stereocenters. The maximum absolute atomic E-state index is 13.8. The summed E-state index contributed by atoms with van der Waals surface area (Å²) in [6.07, 6.45) is 1.75. The molecule has 1 N–H and O–H groups in total. The van der Waals surface area contributed by atoms with E-state index in [0.29, 0.717) is 26.2 Å². The molecule has 1 aromatic carbocycles. The molecule has 1 aliphatic heterocycles. The average Bonchev–Trinajstić information content (AvgIpc) is 3.45. The van der Waals surface area contributed by atoms with Crippen molar-refractivity contribution in [2.75, 3.05) is 26.2 Å². The van der Waals surface area contributed by atoms with Crippen LogP contribution in [0.15, 0.2) is 53.3 Å². The molecule has 1 unspecified atom stereocenters. The molecule has 1 saturated heterocycles. The fourth-order valence-corrected chi connectivity index (χ4v) is 3.34. The minimum absolute atomic E-state index is 0.0351. The lowest BCUT2D eigenvalue weighted by atomic mass is 10.1. The molecular weight excluding hydrogens is 393 g/mol. The fourth-order valence-electron chi connectivity index (χ4n) is 3.34. The Bertz CT molecular complexity index is 1030. The highest BCUT2D eigenvalue weighted by Crippen LogP contribution is 2.18. The largest absolute Gasteiger partial charge is 0.459 e. The number of furan rings is 1. The molecule has 0 aliphatic carbocycles. The molecule has 1 fully saturated rings. The van der Waals surface area contributed by atoms with Gasteiger partial charge in [0, 0.05) is 31.7 Å². The number of halogens is 1. The van der Waals surface area contributed by atoms with Gasteiger partial charge < -0.3 is 19.3 Å². The number of aromatic nitrogens is 3. The maximum atomic E-state index is 13.8. The Morgan fingerprint density at radius 1 is 1.07 bits per heavy atom. The van der Waals surface area contributed by atoms with Crippen LogP contribution in [-0.2, 0) is 6.54 Å². The second-order valence-electron chi connectivity index (χ2n) is 6.92. The summed E-state index contributed by atoms with van der Waals surface area (Å²) in [6, 6.07) is 9.19. The molecular formula is C20H20FN5O4. The van der Waals surface area contributed by atoms with Gasteiger partial charge in [0.2, 0.25) is 0 Å². The van der Waals surface area contributed by atoms with Crippen molar-refractivity contribution in [1.29, 1.82) is 0 Å². The van der Waals surface area contributed by atoms with Gasteiger partial charge in [0.05, 0.1) is 19.0 Å². The van der Waals surface area contributed by atoms with Crippen LogP contribution in [0, 0.1) is 5.82 Å². The van der Waals surface area contributed by atoms with E-state index in [0.717, 1.165) is 0 Å². The number of rotatable bonds is 5. The smallest absolute Gasteiger partial charge is 0.289 e. The van der Waals surface area contributed by atoms with Gasteiger partial charge in [-0.25, -0.2) is 9.07 Å². The van der Waals surface area contributed by atoms with E-state index >= 15 is 0 Å². The molecule has 0 spiro atoms. The monoisotopic (exact) mass is 413 g/mol. The Balaban J connectivity index is 1.34. The zero-order chi connectivity index (χ0) is 21.1. The van der Waals surface area contributed by atoms with Crippen LogP contribution < -0.4 is 0 Å². The molecule has 3 aromatic rings. The topological polar surface area (TPSA) is 105 Å². The van der Waals surface area contributed by atoms with Crippen LogP contribution in [0.4, 0.5) is 4.39 Å². The second-order valence-corrected chi connectivity index (χ2v) is 6.92. The Hall–Kier alpha value is -3.53. The van der Waals surface area contributed by atoms with Gasteiger partial charge in [-0.1, -0.05) is 23.4 Å². The van der Waals surface area contributed by atoms with Crippen molar-refractivity contribution in [2.24, 2.45) is 0 Å². The molecule has 30 heavy (non-hydrogen) atoms. The van der Waals surface area contributed by atoms with Crippen molar-refractivity contribution in [3.8, 4) is 0 Å². The predicted molar refractivity (Wildman–Crippen MR) is 102 cm³/mol. The highest BCUT2D eigenvalue weighted by Gasteiger charge is 2.28. The van der Waals surface area contributed by atoms with Gasteiger partial charge in [0.1, 0.15) is 11.9 Å². The molecule has 2 aromatic heterocycles. The standard InChI is InChI=1S/C20H20FN5O4/c21-15-5-2-1-4-14(15)17(27)13-26-12-16(22-23-26)19(28)24-7-9-25(10-8-24)20(29)18-6-3-11-30-18/h1-6,11-12,17,27H,7-10,13H2. The fraction of sp³-hybridized carbons (Fsp3) is 0.300. The van der Waals surface area contributed by atoms with Gasteiger partial charge in [-0.3, -0.25) is 9.59 Å². The zero-order valence-corrected chi connectivity index (χ0v) is 16.0. The van der Waals surface area contributed by atoms with Gasteiger partial charge in [0.15, 0.2) is 11.5 Å². The third-order valence-electron chi connectivity index (χ3n) is 4.97. The van der Waals surface area contributed by atoms with Crippen LogP contribution in [0.1, 0.15) is 32.7 Å². The molecule has 9 nitrogen and oxygen atoms in total. The molecule has 156 valence electrons. The Kier molecular flexibility index (Phi) is 5.57. The SMILES string of the molecule is O=C(c1cn(CC(O)c2ccccc2F)nn1)N1CCN(C(=O)c2ccco2)CC1. The summed E-state index contributed by atoms with van der Waals surface area (Å²) in [5.74, 6) is -0.763. The number of amides is 2. The summed E-state index contributed by atoms with van der Waals surface area (Å²) in [5, 5.41) is 18.0. The first kappa shape index (κ1) is 19.8. The first-order valence-electron chi connectivity index (χ1n) is 9.47. The van der Waals surface area contributed by atoms with Crippen LogP contribution in [0.25, 0.3) is 0 Å². The van der Waals surface area contributed by atoms with Crippen molar-refractivity contribution in [3.05, 3.63) is 71.7 Å². The predicted octanol–water partition coefficient (Wildman–Crippen LogP) is 1.34. The number of benzene rings is 1. The molecule has 0 bridgehead atoms. The highest BCUT2D eigenvalue weighted by molar-refractivity contribution is 5.93. The number of carbonyl (C=O) groups excluding carboxylic acids is 2. The second kappa shape index (κ2) is 8.46. The van der Waals surface area contributed by atoms with E-state index in [2.05, 4.69) is 10.3 Å². The number of piperazine rings is 1. The number of nitrogens with zero attached hydrogens (tertiary/aromatic N) is 5. The van der Waals surface area contributed by atoms with E-state index < -0.39 is 11.9 Å².